The average Bonchev–Trinajstić information content (AvgIpc) is 2.18. The first kappa shape index (κ1) is 10.9. The largest absolute Gasteiger partial charge is 0.388 e. The number of pyridine rings is 1. The third-order valence-corrected chi connectivity index (χ3v) is 1.66. The van der Waals surface area contributed by atoms with Gasteiger partial charge in [-0.2, -0.15) is 0 Å². The lowest BCUT2D eigenvalue weighted by atomic mass is 10.3. The molecule has 7 nitrogen and oxygen atoms in total. The van der Waals surface area contributed by atoms with E-state index in [1.165, 1.54) is 18.3 Å². The van der Waals surface area contributed by atoms with Crippen LogP contribution in [0, 0.1) is 15.5 Å². The third kappa shape index (κ3) is 3.59. The maximum atomic E-state index is 10.3. The number of anilines is 1. The van der Waals surface area contributed by atoms with Gasteiger partial charge in [-0.3, -0.25) is 15.5 Å². The quantitative estimate of drug-likeness (QED) is 0.286. The molecule has 0 aromatic carbocycles. The molecule has 0 saturated carbocycles. The van der Waals surface area contributed by atoms with E-state index >= 15 is 0 Å². The van der Waals surface area contributed by atoms with Gasteiger partial charge in [0.15, 0.2) is 0 Å². The second-order valence-electron chi connectivity index (χ2n) is 2.86. The molecule has 0 bridgehead atoms. The van der Waals surface area contributed by atoms with Crippen molar-refractivity contribution in [3.05, 3.63) is 28.4 Å². The summed E-state index contributed by atoms with van der Waals surface area (Å²) in [6, 6.07) is 2.88. The molecule has 0 radical (unpaired) electrons. The molecule has 1 aromatic rings. The number of nitrogens with zero attached hydrogens (tertiary/aromatic N) is 2. The van der Waals surface area contributed by atoms with E-state index in [1.54, 1.807) is 0 Å². The maximum Gasteiger partial charge on any atom is 0.287 e. The van der Waals surface area contributed by atoms with Gasteiger partial charge in [0, 0.05) is 19.0 Å². The van der Waals surface area contributed by atoms with Crippen molar-refractivity contribution in [2.24, 2.45) is 5.73 Å². The standard InChI is InChI=1S/C8H11N5O2/c9-7(10)3-4-11-8-2-1-6(5-12-8)13(14)15/h1-2,5H,3-4H2,(H3,9,10)(H,11,12). The molecule has 0 atom stereocenters. The lowest BCUT2D eigenvalue weighted by Gasteiger charge is -2.03. The van der Waals surface area contributed by atoms with Crippen LogP contribution in [0.25, 0.3) is 0 Å². The Morgan fingerprint density at radius 3 is 2.87 bits per heavy atom. The molecule has 15 heavy (non-hydrogen) atoms. The molecule has 0 saturated heterocycles. The van der Waals surface area contributed by atoms with Gasteiger partial charge in [-0.1, -0.05) is 0 Å². The summed E-state index contributed by atoms with van der Waals surface area (Å²) in [5.41, 5.74) is 5.11. The smallest absolute Gasteiger partial charge is 0.287 e. The van der Waals surface area contributed by atoms with Crippen LogP contribution >= 0.6 is 0 Å². The van der Waals surface area contributed by atoms with Crippen LogP contribution in [0.5, 0.6) is 0 Å². The third-order valence-electron chi connectivity index (χ3n) is 1.66. The summed E-state index contributed by atoms with van der Waals surface area (Å²) >= 11 is 0. The number of hydrogen-bond donors (Lipinski definition) is 3. The van der Waals surface area contributed by atoms with Crippen LogP contribution in [0.15, 0.2) is 18.3 Å². The summed E-state index contributed by atoms with van der Waals surface area (Å²) in [6.45, 7) is 0.486. The fourth-order valence-corrected chi connectivity index (χ4v) is 0.924. The Morgan fingerprint density at radius 2 is 2.40 bits per heavy atom. The highest BCUT2D eigenvalue weighted by Gasteiger charge is 2.04. The van der Waals surface area contributed by atoms with Crippen LogP contribution in [-0.2, 0) is 0 Å². The molecule has 4 N–H and O–H groups in total. The Kier molecular flexibility index (Phi) is 3.55. The first-order valence-corrected chi connectivity index (χ1v) is 4.27. The van der Waals surface area contributed by atoms with Gasteiger partial charge in [0.2, 0.25) is 0 Å². The van der Waals surface area contributed by atoms with E-state index < -0.39 is 4.92 Å². The molecule has 7 heteroatoms. The number of nitro groups is 1. The van der Waals surface area contributed by atoms with E-state index in [1.807, 2.05) is 0 Å². The highest BCUT2D eigenvalue weighted by atomic mass is 16.6. The molecular weight excluding hydrogens is 198 g/mol. The first-order valence-electron chi connectivity index (χ1n) is 4.27. The van der Waals surface area contributed by atoms with E-state index in [9.17, 15) is 10.1 Å². The van der Waals surface area contributed by atoms with Crippen molar-refractivity contribution in [3.63, 3.8) is 0 Å². The minimum absolute atomic E-state index is 0.0490. The molecular formula is C8H11N5O2. The summed E-state index contributed by atoms with van der Waals surface area (Å²) in [6.07, 6.45) is 1.59. The summed E-state index contributed by atoms with van der Waals surface area (Å²) < 4.78 is 0. The summed E-state index contributed by atoms with van der Waals surface area (Å²) in [5, 5.41) is 20.2. The van der Waals surface area contributed by atoms with Crippen molar-refractivity contribution < 1.29 is 4.92 Å². The van der Waals surface area contributed by atoms with Gasteiger partial charge in [-0.05, 0) is 6.07 Å². The number of aromatic nitrogens is 1. The molecule has 0 unspecified atom stereocenters. The molecule has 0 spiro atoms. The second-order valence-corrected chi connectivity index (χ2v) is 2.86. The fourth-order valence-electron chi connectivity index (χ4n) is 0.924. The highest BCUT2D eigenvalue weighted by molar-refractivity contribution is 5.77. The van der Waals surface area contributed by atoms with Gasteiger partial charge < -0.3 is 11.1 Å². The number of nitrogens with one attached hydrogen (secondary N) is 2. The Hall–Kier alpha value is -2.18. The Morgan fingerprint density at radius 1 is 1.67 bits per heavy atom. The second kappa shape index (κ2) is 4.89. The van der Waals surface area contributed by atoms with Crippen LogP contribution in [0.2, 0.25) is 0 Å². The van der Waals surface area contributed by atoms with Crippen molar-refractivity contribution >= 4 is 17.3 Å². The zero-order valence-electron chi connectivity index (χ0n) is 7.93. The zero-order valence-corrected chi connectivity index (χ0v) is 7.93. The highest BCUT2D eigenvalue weighted by Crippen LogP contribution is 2.11. The van der Waals surface area contributed by atoms with Crippen molar-refractivity contribution in [2.45, 2.75) is 6.42 Å². The van der Waals surface area contributed by atoms with E-state index in [2.05, 4.69) is 10.3 Å². The van der Waals surface area contributed by atoms with Gasteiger partial charge in [0.25, 0.3) is 5.69 Å². The molecule has 0 aliphatic carbocycles. The summed E-state index contributed by atoms with van der Waals surface area (Å²) in [5.74, 6) is 0.617. The SMILES string of the molecule is N=C(N)CCNc1ccc([N+](=O)[O-])cn1. The van der Waals surface area contributed by atoms with Gasteiger partial charge in [0.05, 0.1) is 10.8 Å². The van der Waals surface area contributed by atoms with E-state index in [0.717, 1.165) is 0 Å². The number of nitrogens with two attached hydrogens (primary N) is 1. The summed E-state index contributed by atoms with van der Waals surface area (Å²) in [4.78, 5) is 13.6. The minimum atomic E-state index is -0.508. The zero-order chi connectivity index (χ0) is 11.3. The van der Waals surface area contributed by atoms with Crippen LogP contribution in [0.3, 0.4) is 0 Å². The minimum Gasteiger partial charge on any atom is -0.388 e. The van der Waals surface area contributed by atoms with E-state index in [4.69, 9.17) is 11.1 Å². The van der Waals surface area contributed by atoms with Gasteiger partial charge >= 0.3 is 0 Å². The van der Waals surface area contributed by atoms with Gasteiger partial charge in [-0.25, -0.2) is 4.98 Å². The van der Waals surface area contributed by atoms with E-state index in [0.29, 0.717) is 18.8 Å². The van der Waals surface area contributed by atoms with Crippen LogP contribution < -0.4 is 11.1 Å². The van der Waals surface area contributed by atoms with Gasteiger partial charge in [-0.15, -0.1) is 0 Å². The molecule has 80 valence electrons. The molecule has 0 aliphatic rings. The molecule has 1 aromatic heterocycles. The van der Waals surface area contributed by atoms with Crippen LogP contribution in [-0.4, -0.2) is 22.3 Å². The van der Waals surface area contributed by atoms with E-state index in [-0.39, 0.29) is 11.5 Å². The number of rotatable bonds is 5. The summed E-state index contributed by atoms with van der Waals surface area (Å²) in [7, 11) is 0. The molecule has 1 rings (SSSR count). The lowest BCUT2D eigenvalue weighted by molar-refractivity contribution is -0.385. The monoisotopic (exact) mass is 209 g/mol. The first-order chi connectivity index (χ1) is 7.09. The molecule has 0 fully saturated rings. The maximum absolute atomic E-state index is 10.3. The Labute approximate surface area is 86.0 Å². The number of hydrogen-bond acceptors (Lipinski definition) is 5. The topological polar surface area (TPSA) is 118 Å². The Bertz CT molecular complexity index is 362. The van der Waals surface area contributed by atoms with Crippen molar-refractivity contribution in [3.8, 4) is 0 Å². The molecule has 0 amide bonds. The normalized spacial score (nSPS) is 9.60. The number of amidine groups is 1. The average molecular weight is 209 g/mol. The van der Waals surface area contributed by atoms with Crippen molar-refractivity contribution in [2.75, 3.05) is 11.9 Å². The lowest BCUT2D eigenvalue weighted by Crippen LogP contribution is -2.15. The van der Waals surface area contributed by atoms with Gasteiger partial charge in [0.1, 0.15) is 12.0 Å². The fraction of sp³-hybridized carbons (Fsp3) is 0.250. The predicted molar refractivity (Wildman–Crippen MR) is 55.9 cm³/mol. The molecule has 0 aliphatic heterocycles. The van der Waals surface area contributed by atoms with Crippen LogP contribution in [0.1, 0.15) is 6.42 Å². The predicted octanol–water partition coefficient (Wildman–Crippen LogP) is 0.728. The van der Waals surface area contributed by atoms with Crippen LogP contribution in [0.4, 0.5) is 11.5 Å². The van der Waals surface area contributed by atoms with Crippen molar-refractivity contribution in [1.82, 2.24) is 4.98 Å². The van der Waals surface area contributed by atoms with Crippen molar-refractivity contribution in [1.29, 1.82) is 5.41 Å². The molecule has 1 heterocycles. The Balaban J connectivity index is 2.50.